The molecule has 0 saturated carbocycles. The van der Waals surface area contributed by atoms with Crippen LogP contribution in [0, 0.1) is 0 Å². The van der Waals surface area contributed by atoms with E-state index < -0.39 is 23.8 Å². The summed E-state index contributed by atoms with van der Waals surface area (Å²) in [5.74, 6) is -5.16. The maximum atomic E-state index is 12.9. The number of halogens is 6. The summed E-state index contributed by atoms with van der Waals surface area (Å²) in [6.07, 6.45) is -8.88. The van der Waals surface area contributed by atoms with Crippen molar-refractivity contribution in [1.29, 1.82) is 0 Å². The predicted octanol–water partition coefficient (Wildman–Crippen LogP) is 3.58. The van der Waals surface area contributed by atoms with Crippen molar-refractivity contribution in [2.75, 3.05) is 7.11 Å². The molecule has 0 fully saturated rings. The van der Waals surface area contributed by atoms with Crippen LogP contribution in [0.1, 0.15) is 11.7 Å². The number of hydrogen-bond donors (Lipinski definition) is 1. The van der Waals surface area contributed by atoms with Crippen molar-refractivity contribution in [2.24, 2.45) is 0 Å². The number of rotatable bonds is 3. The third kappa shape index (κ3) is 2.67. The molecule has 1 unspecified atom stereocenters. The van der Waals surface area contributed by atoms with Gasteiger partial charge in [0, 0.05) is 0 Å². The van der Waals surface area contributed by atoms with E-state index in [2.05, 4.69) is 0 Å². The van der Waals surface area contributed by atoms with E-state index in [0.29, 0.717) is 0 Å². The van der Waals surface area contributed by atoms with Crippen LogP contribution in [0.4, 0.5) is 22.0 Å². The average molecular weight is 291 g/mol. The number of hydrogen-bond acceptors (Lipinski definition) is 2. The molecule has 0 aliphatic carbocycles. The van der Waals surface area contributed by atoms with Gasteiger partial charge in [-0.15, -0.1) is 0 Å². The van der Waals surface area contributed by atoms with Crippen molar-refractivity contribution >= 4 is 11.6 Å². The molecule has 1 rings (SSSR count). The number of aliphatic hydroxyl groups is 1. The molecule has 0 bridgehead atoms. The molecule has 102 valence electrons. The molecule has 1 N–H and O–H groups in total. The second-order valence-corrected chi connectivity index (χ2v) is 3.82. The zero-order chi connectivity index (χ0) is 14.1. The number of methoxy groups -OCH3 is 1. The fourth-order valence-electron chi connectivity index (χ4n) is 1.22. The van der Waals surface area contributed by atoms with Crippen molar-refractivity contribution in [3.63, 3.8) is 0 Å². The fraction of sp³-hybridized carbons (Fsp3) is 0.400. The monoisotopic (exact) mass is 290 g/mol. The first kappa shape index (κ1) is 15.0. The van der Waals surface area contributed by atoms with Crippen LogP contribution in [0.5, 0.6) is 5.75 Å². The molecule has 0 aliphatic rings. The largest absolute Gasteiger partial charge is 0.495 e. The smallest absolute Gasteiger partial charge is 0.456 e. The molecule has 0 aliphatic heterocycles. The van der Waals surface area contributed by atoms with E-state index in [1.54, 1.807) is 0 Å². The molecule has 0 aromatic heterocycles. The molecule has 2 nitrogen and oxygen atoms in total. The summed E-state index contributed by atoms with van der Waals surface area (Å²) < 4.78 is 66.6. The second kappa shape index (κ2) is 4.89. The molecular weight excluding hydrogens is 283 g/mol. The van der Waals surface area contributed by atoms with Gasteiger partial charge in [0.05, 0.1) is 12.1 Å². The van der Waals surface area contributed by atoms with Crippen LogP contribution in [-0.2, 0) is 0 Å². The van der Waals surface area contributed by atoms with Crippen LogP contribution >= 0.6 is 11.6 Å². The summed E-state index contributed by atoms with van der Waals surface area (Å²) in [6.45, 7) is 0. The van der Waals surface area contributed by atoms with E-state index in [0.717, 1.165) is 18.2 Å². The van der Waals surface area contributed by atoms with Crippen LogP contribution in [0.3, 0.4) is 0 Å². The molecule has 1 aromatic carbocycles. The fourth-order valence-corrected chi connectivity index (χ4v) is 1.48. The van der Waals surface area contributed by atoms with Crippen LogP contribution in [0.15, 0.2) is 18.2 Å². The summed E-state index contributed by atoms with van der Waals surface area (Å²) in [5.41, 5.74) is -0.650. The zero-order valence-electron chi connectivity index (χ0n) is 8.93. The van der Waals surface area contributed by atoms with Crippen molar-refractivity contribution in [1.82, 2.24) is 0 Å². The Kier molecular flexibility index (Phi) is 4.07. The van der Waals surface area contributed by atoms with E-state index >= 15 is 0 Å². The molecule has 18 heavy (non-hydrogen) atoms. The Morgan fingerprint density at radius 2 is 1.78 bits per heavy atom. The minimum atomic E-state index is -5.85. The molecule has 1 atom stereocenters. The second-order valence-electron chi connectivity index (χ2n) is 3.42. The van der Waals surface area contributed by atoms with Crippen LogP contribution in [0.25, 0.3) is 0 Å². The van der Waals surface area contributed by atoms with Gasteiger partial charge in [0.15, 0.2) is 6.10 Å². The standard InChI is InChI=1S/C10H8ClF5O2/c1-18-7-3-2-5(4-6(7)11)8(17)9(12,13)10(14,15)16/h2-4,8,17H,1H3. The summed E-state index contributed by atoms with van der Waals surface area (Å²) in [6, 6.07) is 2.77. The molecular formula is C10H8ClF5O2. The lowest BCUT2D eigenvalue weighted by Crippen LogP contribution is -2.42. The van der Waals surface area contributed by atoms with Gasteiger partial charge >= 0.3 is 12.1 Å². The highest BCUT2D eigenvalue weighted by Gasteiger charge is 2.62. The van der Waals surface area contributed by atoms with E-state index in [-0.39, 0.29) is 10.8 Å². The third-order valence-corrected chi connectivity index (χ3v) is 2.51. The van der Waals surface area contributed by atoms with E-state index in [1.165, 1.54) is 7.11 Å². The predicted molar refractivity (Wildman–Crippen MR) is 54.0 cm³/mol. The van der Waals surface area contributed by atoms with Crippen LogP contribution in [-0.4, -0.2) is 24.3 Å². The van der Waals surface area contributed by atoms with Gasteiger partial charge in [0.25, 0.3) is 0 Å². The van der Waals surface area contributed by atoms with Crippen molar-refractivity contribution < 1.29 is 31.8 Å². The Morgan fingerprint density at radius 3 is 2.17 bits per heavy atom. The highest BCUT2D eigenvalue weighted by Crippen LogP contribution is 2.45. The van der Waals surface area contributed by atoms with Gasteiger partial charge in [-0.05, 0) is 17.7 Å². The average Bonchev–Trinajstić information content (AvgIpc) is 2.26. The van der Waals surface area contributed by atoms with Gasteiger partial charge in [0.1, 0.15) is 5.75 Å². The number of alkyl halides is 5. The Balaban J connectivity index is 3.12. The highest BCUT2D eigenvalue weighted by atomic mass is 35.5. The number of ether oxygens (including phenoxy) is 1. The Hall–Kier alpha value is -1.08. The van der Waals surface area contributed by atoms with Crippen molar-refractivity contribution in [3.05, 3.63) is 28.8 Å². The maximum Gasteiger partial charge on any atom is 0.456 e. The van der Waals surface area contributed by atoms with E-state index in [9.17, 15) is 22.0 Å². The van der Waals surface area contributed by atoms with Crippen LogP contribution in [0.2, 0.25) is 5.02 Å². The lowest BCUT2D eigenvalue weighted by molar-refractivity contribution is -0.315. The first-order valence-electron chi connectivity index (χ1n) is 4.57. The third-order valence-electron chi connectivity index (χ3n) is 2.21. The lowest BCUT2D eigenvalue weighted by Gasteiger charge is -2.25. The number of aliphatic hydroxyl groups excluding tert-OH is 1. The molecule has 0 amide bonds. The molecule has 0 heterocycles. The molecule has 8 heteroatoms. The zero-order valence-corrected chi connectivity index (χ0v) is 9.69. The first-order chi connectivity index (χ1) is 8.11. The van der Waals surface area contributed by atoms with Gasteiger partial charge < -0.3 is 9.84 Å². The van der Waals surface area contributed by atoms with E-state index in [1.807, 2.05) is 0 Å². The SMILES string of the molecule is COc1ccc(C(O)C(F)(F)C(F)(F)F)cc1Cl. The minimum Gasteiger partial charge on any atom is -0.495 e. The minimum absolute atomic E-state index is 0.0999. The Bertz CT molecular complexity index is 433. The first-order valence-corrected chi connectivity index (χ1v) is 4.95. The van der Waals surface area contributed by atoms with Gasteiger partial charge in [-0.3, -0.25) is 0 Å². The highest BCUT2D eigenvalue weighted by molar-refractivity contribution is 6.32. The summed E-state index contributed by atoms with van der Waals surface area (Å²) in [5, 5.41) is 8.93. The molecule has 1 aromatic rings. The van der Waals surface area contributed by atoms with Gasteiger partial charge in [-0.2, -0.15) is 22.0 Å². The Labute approximate surface area is 104 Å². The van der Waals surface area contributed by atoms with Gasteiger partial charge in [-0.1, -0.05) is 17.7 Å². The summed E-state index contributed by atoms with van der Waals surface area (Å²) >= 11 is 5.58. The van der Waals surface area contributed by atoms with Gasteiger partial charge in [-0.25, -0.2) is 0 Å². The molecule has 0 saturated heterocycles. The summed E-state index contributed by atoms with van der Waals surface area (Å²) in [4.78, 5) is 0. The number of benzene rings is 1. The Morgan fingerprint density at radius 1 is 1.22 bits per heavy atom. The van der Waals surface area contributed by atoms with Gasteiger partial charge in [0.2, 0.25) is 0 Å². The lowest BCUT2D eigenvalue weighted by atomic mass is 10.0. The topological polar surface area (TPSA) is 29.5 Å². The van der Waals surface area contributed by atoms with Crippen LogP contribution < -0.4 is 4.74 Å². The molecule has 0 radical (unpaired) electrons. The quantitative estimate of drug-likeness (QED) is 0.862. The van der Waals surface area contributed by atoms with E-state index in [4.69, 9.17) is 21.4 Å². The molecule has 0 spiro atoms. The van der Waals surface area contributed by atoms with Crippen molar-refractivity contribution in [3.8, 4) is 5.75 Å². The van der Waals surface area contributed by atoms with Crippen molar-refractivity contribution in [2.45, 2.75) is 18.2 Å². The normalized spacial score (nSPS) is 14.4. The maximum absolute atomic E-state index is 12.9. The summed E-state index contributed by atoms with van der Waals surface area (Å²) in [7, 11) is 1.25.